The number of nitrogens with zero attached hydrogens (tertiary/aromatic N) is 1. The van der Waals surface area contributed by atoms with Gasteiger partial charge in [-0.2, -0.15) is 0 Å². The summed E-state index contributed by atoms with van der Waals surface area (Å²) in [7, 11) is 0. The smallest absolute Gasteiger partial charge is 0.407 e. The first-order valence-electron chi connectivity index (χ1n) is 12.6. The van der Waals surface area contributed by atoms with E-state index in [-0.39, 0.29) is 31.4 Å². The molecular weight excluding hydrogens is 444 g/mol. The molecule has 0 heterocycles. The standard InChI is InChI=1S/C28H34N2O5/c1-2-3-8-20(15-26(31)30(17-27(32)33)16-19-13-14-19)29-28(34)35-18-25-23-11-6-4-9-21(23)22-10-5-7-12-24(22)25/h4-7,9-12,19-20,25H,2-3,8,13-18H2,1H3,(H,29,34)(H,32,33). The van der Waals surface area contributed by atoms with Gasteiger partial charge in [-0.15, -0.1) is 0 Å². The third kappa shape index (κ3) is 6.41. The summed E-state index contributed by atoms with van der Waals surface area (Å²) in [5.41, 5.74) is 4.61. The van der Waals surface area contributed by atoms with Gasteiger partial charge < -0.3 is 20.1 Å². The molecule has 0 saturated heterocycles. The lowest BCUT2D eigenvalue weighted by Crippen LogP contribution is -2.43. The second-order valence-corrected chi connectivity index (χ2v) is 9.62. The van der Waals surface area contributed by atoms with E-state index in [2.05, 4.69) is 36.5 Å². The van der Waals surface area contributed by atoms with Gasteiger partial charge in [0.1, 0.15) is 13.2 Å². The Kier molecular flexibility index (Phi) is 8.06. The van der Waals surface area contributed by atoms with Crippen molar-refractivity contribution in [1.29, 1.82) is 0 Å². The van der Waals surface area contributed by atoms with E-state index >= 15 is 0 Å². The van der Waals surface area contributed by atoms with E-state index in [1.54, 1.807) is 0 Å². The molecule has 7 nitrogen and oxygen atoms in total. The molecule has 186 valence electrons. The van der Waals surface area contributed by atoms with Crippen molar-refractivity contribution in [2.45, 2.75) is 57.4 Å². The SMILES string of the molecule is CCCCC(CC(=O)N(CC(=O)O)CC1CC1)NC(=O)OCC1c2ccccc2-c2ccccc21. The molecule has 2 aliphatic carbocycles. The van der Waals surface area contributed by atoms with Crippen LogP contribution in [0.3, 0.4) is 0 Å². The number of unbranched alkanes of at least 4 members (excludes halogenated alkanes) is 1. The average molecular weight is 479 g/mol. The highest BCUT2D eigenvalue weighted by Crippen LogP contribution is 2.44. The van der Waals surface area contributed by atoms with E-state index in [4.69, 9.17) is 4.74 Å². The number of ether oxygens (including phenoxy) is 1. The van der Waals surface area contributed by atoms with E-state index in [1.807, 2.05) is 24.3 Å². The summed E-state index contributed by atoms with van der Waals surface area (Å²) >= 11 is 0. The first kappa shape index (κ1) is 24.8. The molecule has 1 unspecified atom stereocenters. The summed E-state index contributed by atoms with van der Waals surface area (Å²) in [5, 5.41) is 12.1. The second kappa shape index (κ2) is 11.4. The number of alkyl carbamates (subject to hydrolysis) is 1. The van der Waals surface area contributed by atoms with Crippen molar-refractivity contribution < 1.29 is 24.2 Å². The summed E-state index contributed by atoms with van der Waals surface area (Å²) in [6.45, 7) is 2.43. The molecule has 0 aliphatic heterocycles. The van der Waals surface area contributed by atoms with Gasteiger partial charge in [-0.1, -0.05) is 68.3 Å². The van der Waals surface area contributed by atoms with Gasteiger partial charge in [0.2, 0.25) is 5.91 Å². The topological polar surface area (TPSA) is 95.9 Å². The number of carboxylic acid groups (broad SMARTS) is 1. The zero-order valence-corrected chi connectivity index (χ0v) is 20.2. The minimum atomic E-state index is -1.02. The van der Waals surface area contributed by atoms with Crippen molar-refractivity contribution in [3.63, 3.8) is 0 Å². The Hall–Kier alpha value is -3.35. The Morgan fingerprint density at radius 2 is 1.69 bits per heavy atom. The Labute approximate surface area is 206 Å². The molecule has 4 rings (SSSR count). The van der Waals surface area contributed by atoms with Crippen molar-refractivity contribution in [2.75, 3.05) is 19.7 Å². The maximum absolute atomic E-state index is 12.9. The fraction of sp³-hybridized carbons (Fsp3) is 0.464. The third-order valence-corrected chi connectivity index (χ3v) is 6.85. The average Bonchev–Trinajstić information content (AvgIpc) is 3.61. The number of fused-ring (bicyclic) bond motifs is 3. The Morgan fingerprint density at radius 3 is 2.26 bits per heavy atom. The maximum Gasteiger partial charge on any atom is 0.407 e. The van der Waals surface area contributed by atoms with Gasteiger partial charge in [0.25, 0.3) is 0 Å². The molecular formula is C28H34N2O5. The molecule has 2 aromatic carbocycles. The van der Waals surface area contributed by atoms with Crippen molar-refractivity contribution >= 4 is 18.0 Å². The lowest BCUT2D eigenvalue weighted by Gasteiger charge is -2.24. The summed E-state index contributed by atoms with van der Waals surface area (Å²) in [4.78, 5) is 38.3. The Bertz CT molecular complexity index is 1020. The molecule has 2 amide bonds. The van der Waals surface area contributed by atoms with Gasteiger partial charge in [-0.05, 0) is 47.4 Å². The molecule has 7 heteroatoms. The summed E-state index contributed by atoms with van der Waals surface area (Å²) < 4.78 is 5.66. The highest BCUT2D eigenvalue weighted by molar-refractivity contribution is 5.82. The van der Waals surface area contributed by atoms with E-state index in [0.29, 0.717) is 18.9 Å². The van der Waals surface area contributed by atoms with E-state index in [9.17, 15) is 19.5 Å². The van der Waals surface area contributed by atoms with Crippen LogP contribution in [0.5, 0.6) is 0 Å². The second-order valence-electron chi connectivity index (χ2n) is 9.62. The largest absolute Gasteiger partial charge is 0.480 e. The lowest BCUT2D eigenvalue weighted by molar-refractivity contribution is -0.144. The van der Waals surface area contributed by atoms with Crippen LogP contribution in [-0.4, -0.2) is 53.7 Å². The van der Waals surface area contributed by atoms with Crippen molar-refractivity contribution in [3.8, 4) is 11.1 Å². The van der Waals surface area contributed by atoms with Crippen LogP contribution in [0.4, 0.5) is 4.79 Å². The molecule has 0 bridgehead atoms. The van der Waals surface area contributed by atoms with Gasteiger partial charge >= 0.3 is 12.1 Å². The third-order valence-electron chi connectivity index (χ3n) is 6.85. The molecule has 2 N–H and O–H groups in total. The zero-order valence-electron chi connectivity index (χ0n) is 20.2. The number of hydrogen-bond acceptors (Lipinski definition) is 4. The van der Waals surface area contributed by atoms with Crippen molar-refractivity contribution in [2.24, 2.45) is 5.92 Å². The number of rotatable bonds is 12. The minimum Gasteiger partial charge on any atom is -0.480 e. The molecule has 1 atom stereocenters. The molecule has 0 radical (unpaired) electrons. The maximum atomic E-state index is 12.9. The molecule has 35 heavy (non-hydrogen) atoms. The number of nitrogens with one attached hydrogen (secondary N) is 1. The highest BCUT2D eigenvalue weighted by Gasteiger charge is 2.31. The van der Waals surface area contributed by atoms with Gasteiger partial charge in [0.05, 0.1) is 0 Å². The van der Waals surface area contributed by atoms with Crippen LogP contribution in [-0.2, 0) is 14.3 Å². The predicted molar refractivity (Wildman–Crippen MR) is 133 cm³/mol. The molecule has 0 spiro atoms. The van der Waals surface area contributed by atoms with Crippen LogP contribution in [0, 0.1) is 5.92 Å². The normalized spacial score (nSPS) is 15.1. The summed E-state index contributed by atoms with van der Waals surface area (Å²) in [5.74, 6) is -0.899. The van der Waals surface area contributed by atoms with Crippen molar-refractivity contribution in [3.05, 3.63) is 59.7 Å². The lowest BCUT2D eigenvalue weighted by atomic mass is 9.98. The van der Waals surface area contributed by atoms with E-state index < -0.39 is 18.1 Å². The van der Waals surface area contributed by atoms with Crippen LogP contribution in [0.25, 0.3) is 11.1 Å². The predicted octanol–water partition coefficient (Wildman–Crippen LogP) is 4.80. The molecule has 2 aromatic rings. The van der Waals surface area contributed by atoms with E-state index in [0.717, 1.165) is 47.9 Å². The fourth-order valence-electron chi connectivity index (χ4n) is 4.85. The zero-order chi connectivity index (χ0) is 24.8. The number of carbonyl (C=O) groups is 3. The van der Waals surface area contributed by atoms with Crippen LogP contribution in [0.1, 0.15) is 62.5 Å². The number of amides is 2. The summed E-state index contributed by atoms with van der Waals surface area (Å²) in [6, 6.07) is 15.9. The Morgan fingerprint density at radius 1 is 1.06 bits per heavy atom. The molecule has 1 saturated carbocycles. The Balaban J connectivity index is 1.37. The van der Waals surface area contributed by atoms with Crippen LogP contribution < -0.4 is 5.32 Å². The van der Waals surface area contributed by atoms with Crippen molar-refractivity contribution in [1.82, 2.24) is 10.2 Å². The number of benzene rings is 2. The van der Waals surface area contributed by atoms with Gasteiger partial charge in [-0.25, -0.2) is 4.79 Å². The van der Waals surface area contributed by atoms with Gasteiger partial charge in [0, 0.05) is 24.9 Å². The van der Waals surface area contributed by atoms with Crippen LogP contribution in [0.15, 0.2) is 48.5 Å². The van der Waals surface area contributed by atoms with E-state index in [1.165, 1.54) is 4.90 Å². The minimum absolute atomic E-state index is 0.0338. The molecule has 1 fully saturated rings. The quantitative estimate of drug-likeness (QED) is 0.457. The van der Waals surface area contributed by atoms with Gasteiger partial charge in [-0.3, -0.25) is 9.59 Å². The first-order chi connectivity index (χ1) is 17.0. The molecule has 2 aliphatic rings. The number of carbonyl (C=O) groups excluding carboxylic acids is 2. The number of hydrogen-bond donors (Lipinski definition) is 2. The highest BCUT2D eigenvalue weighted by atomic mass is 16.5. The number of aliphatic carboxylic acids is 1. The molecule has 0 aromatic heterocycles. The first-order valence-corrected chi connectivity index (χ1v) is 12.6. The summed E-state index contributed by atoms with van der Waals surface area (Å²) in [6.07, 6.45) is 4.00. The number of carboxylic acids is 1. The van der Waals surface area contributed by atoms with Crippen LogP contribution >= 0.6 is 0 Å². The van der Waals surface area contributed by atoms with Crippen LogP contribution in [0.2, 0.25) is 0 Å². The van der Waals surface area contributed by atoms with Gasteiger partial charge in [0.15, 0.2) is 0 Å². The monoisotopic (exact) mass is 478 g/mol. The fourth-order valence-corrected chi connectivity index (χ4v) is 4.85.